The van der Waals surface area contributed by atoms with E-state index in [1.54, 1.807) is 30.0 Å². The van der Waals surface area contributed by atoms with Crippen LogP contribution in [-0.4, -0.2) is 24.3 Å². The fourth-order valence-corrected chi connectivity index (χ4v) is 6.03. The van der Waals surface area contributed by atoms with Gasteiger partial charge in [-0.3, -0.25) is 14.5 Å². The number of hydrogen-bond donors (Lipinski definition) is 2. The summed E-state index contributed by atoms with van der Waals surface area (Å²) in [5, 5.41) is 3.23. The number of amides is 1. The zero-order valence-electron chi connectivity index (χ0n) is 20.1. The van der Waals surface area contributed by atoms with Crippen molar-refractivity contribution in [2.45, 2.75) is 39.0 Å². The molecule has 1 unspecified atom stereocenters. The van der Waals surface area contributed by atoms with E-state index in [1.165, 1.54) is 0 Å². The second-order valence-electron chi connectivity index (χ2n) is 9.95. The van der Waals surface area contributed by atoms with Crippen molar-refractivity contribution in [1.29, 1.82) is 0 Å². The van der Waals surface area contributed by atoms with Gasteiger partial charge in [0.05, 0.1) is 6.61 Å². The minimum absolute atomic E-state index is 0.0444. The second-order valence-corrected chi connectivity index (χ2v) is 11.3. The molecule has 2 heterocycles. The van der Waals surface area contributed by atoms with Gasteiger partial charge in [0.15, 0.2) is 5.78 Å². The van der Waals surface area contributed by atoms with Gasteiger partial charge in [-0.1, -0.05) is 41.4 Å². The summed E-state index contributed by atoms with van der Waals surface area (Å²) in [4.78, 5) is 43.3. The van der Waals surface area contributed by atoms with Crippen molar-refractivity contribution < 1.29 is 19.1 Å². The van der Waals surface area contributed by atoms with Gasteiger partial charge in [0, 0.05) is 44.1 Å². The van der Waals surface area contributed by atoms with Crippen molar-refractivity contribution in [3.05, 3.63) is 80.2 Å². The molecule has 0 saturated carbocycles. The standard InChI is InChI=1S/C27H25BrClN3O4/c1-4-36-24(34)22-23(30)32(16-8-5-14(28)6-9-16)19-12-26(2,3)13-20(33)21(19)27(22)17-11-15(29)7-10-18(17)31-25(27)35/h5-11H,4,12-13,30H2,1-3H3,(H,31,35). The molecule has 186 valence electrons. The first-order valence-electron chi connectivity index (χ1n) is 11.6. The highest BCUT2D eigenvalue weighted by Crippen LogP contribution is 2.57. The molecule has 7 nitrogen and oxygen atoms in total. The van der Waals surface area contributed by atoms with Crippen LogP contribution >= 0.6 is 27.5 Å². The van der Waals surface area contributed by atoms with Gasteiger partial charge in [-0.2, -0.15) is 0 Å². The molecule has 2 aromatic rings. The number of esters is 1. The van der Waals surface area contributed by atoms with Crippen molar-refractivity contribution in [3.63, 3.8) is 0 Å². The summed E-state index contributed by atoms with van der Waals surface area (Å²) >= 11 is 9.83. The van der Waals surface area contributed by atoms with Crippen LogP contribution in [0.5, 0.6) is 0 Å². The van der Waals surface area contributed by atoms with E-state index in [1.807, 2.05) is 38.1 Å². The van der Waals surface area contributed by atoms with Crippen molar-refractivity contribution in [1.82, 2.24) is 0 Å². The number of rotatable bonds is 3. The van der Waals surface area contributed by atoms with Gasteiger partial charge >= 0.3 is 5.97 Å². The van der Waals surface area contributed by atoms with E-state index >= 15 is 0 Å². The first kappa shape index (κ1) is 24.6. The van der Waals surface area contributed by atoms with Crippen LogP contribution < -0.4 is 16.0 Å². The molecule has 1 amide bonds. The third-order valence-electron chi connectivity index (χ3n) is 6.91. The third kappa shape index (κ3) is 3.50. The fraction of sp³-hybridized carbons (Fsp3) is 0.296. The number of carbonyl (C=O) groups is 3. The maximum atomic E-state index is 14.0. The van der Waals surface area contributed by atoms with Crippen LogP contribution in [0.15, 0.2) is 69.6 Å². The largest absolute Gasteiger partial charge is 0.462 e. The van der Waals surface area contributed by atoms with Crippen LogP contribution in [0.3, 0.4) is 0 Å². The molecule has 0 saturated heterocycles. The predicted octanol–water partition coefficient (Wildman–Crippen LogP) is 5.19. The van der Waals surface area contributed by atoms with Gasteiger partial charge in [-0.15, -0.1) is 0 Å². The van der Waals surface area contributed by atoms with E-state index in [4.69, 9.17) is 22.1 Å². The van der Waals surface area contributed by atoms with Crippen molar-refractivity contribution in [2.24, 2.45) is 11.1 Å². The molecule has 5 rings (SSSR count). The average Bonchev–Trinajstić information content (AvgIpc) is 3.05. The zero-order chi connectivity index (χ0) is 26.0. The van der Waals surface area contributed by atoms with E-state index in [0.717, 1.165) is 4.47 Å². The van der Waals surface area contributed by atoms with Gasteiger partial charge in [0.1, 0.15) is 16.8 Å². The molecule has 1 atom stereocenters. The van der Waals surface area contributed by atoms with Crippen LogP contribution in [0, 0.1) is 5.41 Å². The second kappa shape index (κ2) is 8.49. The average molecular weight is 571 g/mol. The SMILES string of the molecule is CCOC(=O)C1=C(N)N(c2ccc(Br)cc2)C2=C(C(=O)CC(C)(C)C2)C12C(=O)Nc1ccc(Cl)cc12. The lowest BCUT2D eigenvalue weighted by Crippen LogP contribution is -2.54. The van der Waals surface area contributed by atoms with Crippen LogP contribution in [0.2, 0.25) is 5.02 Å². The van der Waals surface area contributed by atoms with E-state index in [0.29, 0.717) is 34.1 Å². The van der Waals surface area contributed by atoms with E-state index < -0.39 is 22.7 Å². The number of halogens is 2. The maximum absolute atomic E-state index is 14.0. The molecule has 2 aromatic carbocycles. The van der Waals surface area contributed by atoms with Crippen LogP contribution in [0.25, 0.3) is 0 Å². The number of carbonyl (C=O) groups excluding carboxylic acids is 3. The molecule has 2 aliphatic heterocycles. The Kier molecular flexibility index (Phi) is 5.80. The Hall–Kier alpha value is -3.10. The molecule has 1 aliphatic carbocycles. The zero-order valence-corrected chi connectivity index (χ0v) is 22.4. The number of nitrogens with one attached hydrogen (secondary N) is 1. The number of benzene rings is 2. The summed E-state index contributed by atoms with van der Waals surface area (Å²) in [5.74, 6) is -1.46. The molecule has 3 N–H and O–H groups in total. The molecule has 3 aliphatic rings. The number of ketones is 1. The van der Waals surface area contributed by atoms with E-state index in [2.05, 4.69) is 21.2 Å². The topological polar surface area (TPSA) is 102 Å². The van der Waals surface area contributed by atoms with Crippen molar-refractivity contribution in [3.8, 4) is 0 Å². The summed E-state index contributed by atoms with van der Waals surface area (Å²) in [7, 11) is 0. The lowest BCUT2D eigenvalue weighted by atomic mass is 9.60. The maximum Gasteiger partial charge on any atom is 0.339 e. The van der Waals surface area contributed by atoms with E-state index in [-0.39, 0.29) is 35.8 Å². The first-order valence-corrected chi connectivity index (χ1v) is 12.8. The van der Waals surface area contributed by atoms with Crippen molar-refractivity contribution >= 4 is 56.6 Å². The summed E-state index contributed by atoms with van der Waals surface area (Å²) < 4.78 is 6.30. The highest BCUT2D eigenvalue weighted by atomic mass is 79.9. The number of hydrogen-bond acceptors (Lipinski definition) is 6. The lowest BCUT2D eigenvalue weighted by Gasteiger charge is -2.47. The summed E-state index contributed by atoms with van der Waals surface area (Å²) in [6.45, 7) is 5.75. The molecule has 1 spiro atoms. The highest BCUT2D eigenvalue weighted by Gasteiger charge is 2.63. The lowest BCUT2D eigenvalue weighted by molar-refractivity contribution is -0.140. The van der Waals surface area contributed by atoms with Gasteiger partial charge in [-0.25, -0.2) is 4.79 Å². The van der Waals surface area contributed by atoms with Crippen LogP contribution in [0.4, 0.5) is 11.4 Å². The quantitative estimate of drug-likeness (QED) is 0.493. The monoisotopic (exact) mass is 569 g/mol. The molecule has 9 heteroatoms. The highest BCUT2D eigenvalue weighted by molar-refractivity contribution is 9.10. The number of nitrogens with two attached hydrogens (primary N) is 1. The van der Waals surface area contributed by atoms with Crippen LogP contribution in [-0.2, 0) is 24.5 Å². The number of anilines is 2. The van der Waals surface area contributed by atoms with Gasteiger partial charge in [0.2, 0.25) is 5.91 Å². The number of Topliss-reactive ketones (excluding diaryl/α,β-unsaturated/α-hetero) is 1. The molecule has 0 fully saturated rings. The van der Waals surface area contributed by atoms with Crippen LogP contribution in [0.1, 0.15) is 39.2 Å². The number of ether oxygens (including phenoxy) is 1. The first-order chi connectivity index (χ1) is 17.0. The summed E-state index contributed by atoms with van der Waals surface area (Å²) in [6.07, 6.45) is 0.673. The molecule has 0 aromatic heterocycles. The minimum Gasteiger partial charge on any atom is -0.462 e. The molecule has 0 bridgehead atoms. The Morgan fingerprint density at radius 2 is 1.86 bits per heavy atom. The predicted molar refractivity (Wildman–Crippen MR) is 141 cm³/mol. The fourth-order valence-electron chi connectivity index (χ4n) is 5.60. The van der Waals surface area contributed by atoms with Gasteiger partial charge in [-0.05, 0) is 61.2 Å². The Balaban J connectivity index is 1.92. The molecular formula is C27H25BrClN3O4. The van der Waals surface area contributed by atoms with E-state index in [9.17, 15) is 14.4 Å². The normalized spacial score (nSPS) is 22.5. The Morgan fingerprint density at radius 3 is 2.53 bits per heavy atom. The molecule has 36 heavy (non-hydrogen) atoms. The summed E-state index contributed by atoms with van der Waals surface area (Å²) in [5.41, 5.74) is 6.94. The minimum atomic E-state index is -1.77. The third-order valence-corrected chi connectivity index (χ3v) is 7.67. The Bertz CT molecular complexity index is 1400. The molecule has 0 radical (unpaired) electrons. The van der Waals surface area contributed by atoms with Gasteiger partial charge < -0.3 is 15.8 Å². The Labute approximate surface area is 222 Å². The smallest absolute Gasteiger partial charge is 0.339 e. The summed E-state index contributed by atoms with van der Waals surface area (Å²) in [6, 6.07) is 12.3. The van der Waals surface area contributed by atoms with Crippen molar-refractivity contribution in [2.75, 3.05) is 16.8 Å². The van der Waals surface area contributed by atoms with Gasteiger partial charge in [0.25, 0.3) is 0 Å². The Morgan fingerprint density at radius 1 is 1.17 bits per heavy atom. The molecular weight excluding hydrogens is 546 g/mol. The number of fused-ring (bicyclic) bond motifs is 3. The number of allylic oxidation sites excluding steroid dienone is 1. The number of nitrogens with zero attached hydrogens (tertiary/aromatic N) is 1.